The zero-order valence-corrected chi connectivity index (χ0v) is 7.68. The molecule has 0 atom stereocenters. The molecule has 0 aromatic rings. The van der Waals surface area contributed by atoms with Gasteiger partial charge in [0, 0.05) is 19.5 Å². The van der Waals surface area contributed by atoms with Gasteiger partial charge in [-0.15, -0.1) is 0 Å². The average Bonchev–Trinajstić information content (AvgIpc) is 1.00. The molecule has 0 unspecified atom stereocenters. The first-order valence-electron chi connectivity index (χ1n) is 0.204. The molecule has 0 aromatic carbocycles. The smallest absolute Gasteiger partial charge is 0 e. The van der Waals surface area contributed by atoms with Crippen LogP contribution in [0.3, 0.4) is 0 Å². The van der Waals surface area contributed by atoms with E-state index < -0.39 is 0 Å². The number of hydrogen-bond acceptors (Lipinski definition) is 1. The van der Waals surface area contributed by atoms with Crippen molar-refractivity contribution in [3.8, 4) is 0 Å². The van der Waals surface area contributed by atoms with Crippen molar-refractivity contribution in [2.24, 2.45) is 0 Å². The molecular weight excluding hydrogens is 161 g/mol. The minimum atomic E-state index is 0. The van der Waals surface area contributed by atoms with Gasteiger partial charge < -0.3 is 1.43 Å². The van der Waals surface area contributed by atoms with Crippen LogP contribution in [0.15, 0.2) is 0 Å². The SMILES string of the molecule is [H-].[Li+].[O]=[Ge].[Zn]. The van der Waals surface area contributed by atoms with Crippen LogP contribution in [-0.4, -0.2) is 16.5 Å². The third-order valence-electron chi connectivity index (χ3n) is 0. The summed E-state index contributed by atoms with van der Waals surface area (Å²) < 4.78 is 8.25. The van der Waals surface area contributed by atoms with Gasteiger partial charge >= 0.3 is 39.1 Å². The molecule has 1 nitrogen and oxygen atoms in total. The second kappa shape index (κ2) is 23.7. The van der Waals surface area contributed by atoms with Crippen LogP contribution in [-0.2, 0) is 23.3 Å². The predicted octanol–water partition coefficient (Wildman–Crippen LogP) is -3.39. The summed E-state index contributed by atoms with van der Waals surface area (Å²) in [6.07, 6.45) is 0. The Bertz CT molecular complexity index is 11.6. The fourth-order valence-corrected chi connectivity index (χ4v) is 0. The molecule has 0 aliphatic carbocycles. The molecule has 0 heterocycles. The van der Waals surface area contributed by atoms with Crippen LogP contribution in [0.2, 0.25) is 0 Å². The standard InChI is InChI=1S/GeO.Li.Zn.H/c1-2;;;/q;+1;;-1. The van der Waals surface area contributed by atoms with E-state index in [4.69, 9.17) is 3.78 Å². The molecule has 0 spiro atoms. The Labute approximate surface area is 59.8 Å². The first-order chi connectivity index (χ1) is 1.00. The van der Waals surface area contributed by atoms with E-state index in [0.29, 0.717) is 0 Å². The molecule has 0 aromatic heterocycles. The van der Waals surface area contributed by atoms with Crippen molar-refractivity contribution in [3.05, 3.63) is 0 Å². The summed E-state index contributed by atoms with van der Waals surface area (Å²) in [5.41, 5.74) is 0. The molecule has 4 heteroatoms. The summed E-state index contributed by atoms with van der Waals surface area (Å²) in [6.45, 7) is 0. The van der Waals surface area contributed by atoms with Crippen LogP contribution in [0.1, 0.15) is 1.43 Å². The van der Waals surface area contributed by atoms with Gasteiger partial charge in [-0.1, -0.05) is 0 Å². The Balaban J connectivity index is -0.00000000167. The summed E-state index contributed by atoms with van der Waals surface area (Å²) in [6, 6.07) is 0. The monoisotopic (exact) mass is 162 g/mol. The first-order valence-corrected chi connectivity index (χ1v) is 1.06. The maximum absolute atomic E-state index is 8.25. The molecule has 0 amide bonds. The van der Waals surface area contributed by atoms with Gasteiger partial charge in [0.25, 0.3) is 0 Å². The molecule has 4 heavy (non-hydrogen) atoms. The predicted molar refractivity (Wildman–Crippen MR) is 7.55 cm³/mol. The largest absolute Gasteiger partial charge is 0 e. The molecule has 0 N–H and O–H groups in total. The van der Waals surface area contributed by atoms with Crippen LogP contribution >= 0.6 is 0 Å². The second-order valence-corrected chi connectivity index (χ2v) is 0. The van der Waals surface area contributed by atoms with Gasteiger partial charge in [0.1, 0.15) is 0 Å². The fourth-order valence-electron chi connectivity index (χ4n) is 0. The molecule has 0 saturated carbocycles. The van der Waals surface area contributed by atoms with Gasteiger partial charge in [-0.25, -0.2) is 0 Å². The minimum Gasteiger partial charge on any atom is 0 e. The Morgan fingerprint density at radius 2 is 1.50 bits per heavy atom. The van der Waals surface area contributed by atoms with E-state index in [0.717, 1.165) is 16.5 Å². The third-order valence-corrected chi connectivity index (χ3v) is 0. The number of hydrogen-bond donors (Lipinski definition) is 0. The zero-order valence-electron chi connectivity index (χ0n) is 3.62. The van der Waals surface area contributed by atoms with Gasteiger partial charge in [0.2, 0.25) is 0 Å². The maximum atomic E-state index is 8.25. The summed E-state index contributed by atoms with van der Waals surface area (Å²) >= 11 is 0.750. The van der Waals surface area contributed by atoms with Crippen LogP contribution < -0.4 is 18.9 Å². The molecule has 0 fully saturated rings. The third kappa shape index (κ3) is 9.58. The fraction of sp³-hybridized carbons (Fsp3) is 0. The van der Waals surface area contributed by atoms with Crippen molar-refractivity contribution in [1.29, 1.82) is 0 Å². The first kappa shape index (κ1) is 17.6. The van der Waals surface area contributed by atoms with Crippen molar-refractivity contribution >= 4 is 16.5 Å². The molecule has 0 saturated heterocycles. The molecule has 0 aliphatic rings. The Morgan fingerprint density at radius 3 is 1.50 bits per heavy atom. The van der Waals surface area contributed by atoms with E-state index in [9.17, 15) is 0 Å². The van der Waals surface area contributed by atoms with Crippen molar-refractivity contribution in [1.82, 2.24) is 0 Å². The average molecular weight is 162 g/mol. The van der Waals surface area contributed by atoms with Crippen molar-refractivity contribution in [2.75, 3.05) is 0 Å². The summed E-state index contributed by atoms with van der Waals surface area (Å²) in [4.78, 5) is 0. The Hall–Kier alpha value is 1.56. The Morgan fingerprint density at radius 1 is 1.50 bits per heavy atom. The minimum absolute atomic E-state index is 0. The van der Waals surface area contributed by atoms with E-state index >= 15 is 0 Å². The van der Waals surface area contributed by atoms with Gasteiger partial charge in [0.15, 0.2) is 0 Å². The van der Waals surface area contributed by atoms with Gasteiger partial charge in [-0.05, 0) is 0 Å². The van der Waals surface area contributed by atoms with E-state index in [2.05, 4.69) is 0 Å². The summed E-state index contributed by atoms with van der Waals surface area (Å²) in [5.74, 6) is 0. The molecule has 0 rings (SSSR count). The van der Waals surface area contributed by atoms with Crippen molar-refractivity contribution in [3.63, 3.8) is 0 Å². The molecule has 0 aliphatic heterocycles. The summed E-state index contributed by atoms with van der Waals surface area (Å²) in [5, 5.41) is 0. The van der Waals surface area contributed by atoms with Crippen molar-refractivity contribution in [2.45, 2.75) is 0 Å². The maximum Gasteiger partial charge on any atom is 0 e. The van der Waals surface area contributed by atoms with Crippen LogP contribution in [0.4, 0.5) is 0 Å². The quantitative estimate of drug-likeness (QED) is 0.339. The molecular formula is HGeLiOZn. The zero-order chi connectivity index (χ0) is 2.00. The second-order valence-electron chi connectivity index (χ2n) is 0. The van der Waals surface area contributed by atoms with Gasteiger partial charge in [-0.3, -0.25) is 0 Å². The van der Waals surface area contributed by atoms with E-state index in [1.165, 1.54) is 0 Å². The van der Waals surface area contributed by atoms with E-state index in [1.54, 1.807) is 0 Å². The molecule has 2 radical (unpaired) electrons. The van der Waals surface area contributed by atoms with E-state index in [-0.39, 0.29) is 39.8 Å². The van der Waals surface area contributed by atoms with E-state index in [1.807, 2.05) is 0 Å². The van der Waals surface area contributed by atoms with Crippen LogP contribution in [0, 0.1) is 0 Å². The number of rotatable bonds is 0. The summed E-state index contributed by atoms with van der Waals surface area (Å²) in [7, 11) is 0. The van der Waals surface area contributed by atoms with Gasteiger partial charge in [-0.2, -0.15) is 0 Å². The van der Waals surface area contributed by atoms with Crippen LogP contribution in [0.25, 0.3) is 0 Å². The van der Waals surface area contributed by atoms with Crippen molar-refractivity contribution < 1.29 is 43.5 Å². The van der Waals surface area contributed by atoms with Crippen LogP contribution in [0.5, 0.6) is 0 Å². The molecule has 14 valence electrons. The normalized spacial score (nSPS) is 1.00. The Kier molecular flexibility index (Phi) is 104. The van der Waals surface area contributed by atoms with Gasteiger partial charge in [0.05, 0.1) is 0 Å². The topological polar surface area (TPSA) is 17.1 Å². The molecule has 0 bridgehead atoms.